The van der Waals surface area contributed by atoms with Crippen molar-refractivity contribution >= 4 is 106 Å². The molecule has 0 radical (unpaired) electrons. The Morgan fingerprint density at radius 2 is 0.710 bits per heavy atom. The zero-order chi connectivity index (χ0) is 91.2. The molecule has 19 N–H and O–H groups in total. The van der Waals surface area contributed by atoms with Gasteiger partial charge in [0, 0.05) is 19.5 Å². The minimum Gasteiger partial charge on any atom is -0.343 e. The number of carbonyl (C=O) groups excluding carboxylic acids is 14. The number of Topliss-reactive ketones (excluding diaryl/α,β-unsaturated/α-hetero) is 1. The molecule has 4 bridgehead atoms. The molecule has 7 aliphatic rings. The summed E-state index contributed by atoms with van der Waals surface area (Å²) in [6, 6.07) is -6.88. The quantitative estimate of drug-likeness (QED) is 0.0547. The van der Waals surface area contributed by atoms with Crippen molar-refractivity contribution in [3.63, 3.8) is 0 Å². The van der Waals surface area contributed by atoms with Gasteiger partial charge in [-0.25, -0.2) is 0 Å². The molecule has 1 saturated carbocycles. The van der Waals surface area contributed by atoms with Crippen LogP contribution in [0.15, 0.2) is 74.6 Å². The largest absolute Gasteiger partial charge is 0.343 e. The van der Waals surface area contributed by atoms with Gasteiger partial charge in [0.2, 0.25) is 70.9 Å². The van der Waals surface area contributed by atoms with E-state index in [0.717, 1.165) is 41.6 Å². The van der Waals surface area contributed by atoms with Crippen molar-refractivity contribution in [2.45, 2.75) is 326 Å². The van der Waals surface area contributed by atoms with Gasteiger partial charge in [0.05, 0.1) is 25.3 Å². The fourth-order valence-electron chi connectivity index (χ4n) is 17.8. The molecule has 4 fully saturated rings. The first-order chi connectivity index (χ1) is 58.8. The van der Waals surface area contributed by atoms with Crippen LogP contribution in [0.4, 0.5) is 0 Å². The molecule has 3 saturated heterocycles. The monoisotopic (exact) mass is 1760 g/mol. The number of hydrogen-bond acceptors (Lipinski definition) is 20. The summed E-state index contributed by atoms with van der Waals surface area (Å²) in [6.45, 7) is 27.0. The highest BCUT2D eigenvalue weighted by Crippen LogP contribution is 2.68. The summed E-state index contributed by atoms with van der Waals surface area (Å²) >= 11 is 2.77. The summed E-state index contributed by atoms with van der Waals surface area (Å²) in [5, 5.41) is 32.0. The lowest BCUT2D eigenvalue weighted by Gasteiger charge is -2.47. The Kier molecular flexibility index (Phi) is 38.1. The van der Waals surface area contributed by atoms with Crippen LogP contribution in [-0.4, -0.2) is 220 Å². The topological polar surface area (TPSA) is 482 Å². The molecule has 124 heavy (non-hydrogen) atoms. The number of nitrogens with two attached hydrogens (primary N) is 4. The van der Waals surface area contributed by atoms with Crippen molar-refractivity contribution in [1.29, 1.82) is 0 Å². The summed E-state index contributed by atoms with van der Waals surface area (Å²) in [6.07, 6.45) is 11.4. The van der Waals surface area contributed by atoms with E-state index >= 15 is 24.0 Å². The molecule has 8 rings (SSSR count). The third kappa shape index (κ3) is 25.7. The SMILES string of the molecule is CC(C)C[C@@H]1NC(=O)[C@H](CCCCN)NC(=O)[C@H](C(C)C)NC(=O)C2=CC3=C4CCCC4=C4C=C(S[C@]4(C)[C@@]3(C)S2)C(=O)[C@H]2CCCN2C(=O)[C@H](C(C)C)NC(=O)[C@H](CCCCN)NC(=O)[C@H](C(C)C)NC(=O)[C@H](CC(C)C)NC(=O)[C@@H](CCCCN)NC(=O)[C@@H]2CCCN2C(=O)[C@@H](Cc2ccccc2)NC(=O)[C@H](C(C)C)NC(=O)[C@H](CCCCN)NC1=O. The van der Waals surface area contributed by atoms with Crippen LogP contribution >= 0.6 is 23.5 Å². The second-order valence-corrected chi connectivity index (χ2v) is 40.0. The lowest BCUT2D eigenvalue weighted by Crippen LogP contribution is -2.62. The lowest BCUT2D eigenvalue weighted by molar-refractivity contribution is -0.143. The molecule has 0 aromatic heterocycles. The highest BCUT2D eigenvalue weighted by atomic mass is 32.2. The normalized spacial score (nSPS) is 28.9. The van der Waals surface area contributed by atoms with Gasteiger partial charge in [0.15, 0.2) is 5.78 Å². The van der Waals surface area contributed by atoms with E-state index in [1.807, 2.05) is 39.8 Å². The van der Waals surface area contributed by atoms with E-state index in [1.54, 1.807) is 90.6 Å². The van der Waals surface area contributed by atoms with Crippen LogP contribution in [0, 0.1) is 35.5 Å². The Bertz CT molecular complexity index is 4130. The van der Waals surface area contributed by atoms with E-state index < -0.39 is 189 Å². The first-order valence-corrected chi connectivity index (χ1v) is 47.1. The van der Waals surface area contributed by atoms with Crippen LogP contribution in [0.25, 0.3) is 0 Å². The maximum absolute atomic E-state index is 15.5. The summed E-state index contributed by atoms with van der Waals surface area (Å²) in [5.41, 5.74) is 28.7. The Morgan fingerprint density at radius 3 is 1.13 bits per heavy atom. The van der Waals surface area contributed by atoms with E-state index in [0.29, 0.717) is 86.0 Å². The van der Waals surface area contributed by atoms with Crippen LogP contribution in [-0.2, 0) is 73.5 Å². The number of fused-ring (bicyclic) bond motifs is 5. The van der Waals surface area contributed by atoms with Crippen molar-refractivity contribution in [3.05, 3.63) is 80.2 Å². The van der Waals surface area contributed by atoms with Gasteiger partial charge in [-0.1, -0.05) is 113 Å². The molecule has 0 unspecified atom stereocenters. The molecular weight excluding hydrogens is 1620 g/mol. The van der Waals surface area contributed by atoms with Crippen LogP contribution in [0.3, 0.4) is 0 Å². The van der Waals surface area contributed by atoms with E-state index in [1.165, 1.54) is 28.4 Å². The van der Waals surface area contributed by atoms with Crippen molar-refractivity contribution < 1.29 is 67.1 Å². The lowest BCUT2D eigenvalue weighted by atomic mass is 9.72. The van der Waals surface area contributed by atoms with Crippen LogP contribution in [0.1, 0.15) is 237 Å². The first kappa shape index (κ1) is 101. The number of hydrogen-bond donors (Lipinski definition) is 15. The van der Waals surface area contributed by atoms with Gasteiger partial charge in [-0.2, -0.15) is 0 Å². The van der Waals surface area contributed by atoms with Gasteiger partial charge in [0.1, 0.15) is 72.5 Å². The van der Waals surface area contributed by atoms with Gasteiger partial charge >= 0.3 is 0 Å². The number of amides is 13. The second-order valence-electron chi connectivity index (χ2n) is 37.1. The molecule has 2 aliphatic carbocycles. The maximum atomic E-state index is 15.5. The van der Waals surface area contributed by atoms with E-state index in [4.69, 9.17) is 22.9 Å². The number of nitrogens with zero attached hydrogens (tertiary/aromatic N) is 2. The Morgan fingerprint density at radius 1 is 0.371 bits per heavy atom. The predicted molar refractivity (Wildman–Crippen MR) is 482 cm³/mol. The number of unbranched alkanes of at least 4 members (excludes halogenated alkanes) is 4. The number of carbonyl (C=O) groups is 14. The zero-order valence-electron chi connectivity index (χ0n) is 75.5. The van der Waals surface area contributed by atoms with Crippen LogP contribution in [0.5, 0.6) is 0 Å². The standard InChI is InChI=1S/C91H143N17O14S2/c1-50(2)45-65-81(114)96-63(35-20-24-41-94)79(112)103-73(53(7)8)87(120)102-67(47-56-29-16-15-17-30-56)88(121)108-44-28-38-69(108)83(116)97-61(33-18-22-39-92)77(110)101-66(46-51(3)4)82(115)104-72(52(5)6)85(118)99-64(36-21-25-42-95)80(113)106-75(55(11)12)89(122)107-43-27-37-68(107)76(109)70-48-59-57-31-26-32-58(57)60-49-71(124-91(60,14)90(59,13)123-70)84(117)105-74(54(9)10)86(119)98-62(78(111)100-65)34-19-23-40-93/h15-17,29-30,48-55,61-69,72-75H,18-28,31-47,92-95H2,1-14H3,(H,96,114)(H,97,116)(H,98,119)(H,99,118)(H,100,111)(H,101,110)(H,102,120)(H,103,112)(H,104,115)(H,105,117)(H,106,113)/t61-,62+,63+,64+,65+,66+,67-,68-,69+,72+,73+,74+,75+,90+,91+/m1/s1. The fraction of sp³-hybridized carbons (Fsp3) is 0.692. The number of allylic oxidation sites excluding steroid dienone is 4. The number of benzene rings is 1. The number of thioether (sulfide) groups is 2. The molecule has 31 nitrogen and oxygen atoms in total. The van der Waals surface area contributed by atoms with Crippen molar-refractivity contribution in [3.8, 4) is 0 Å². The summed E-state index contributed by atoms with van der Waals surface area (Å²) in [7, 11) is 0. The molecule has 688 valence electrons. The average molecular weight is 1760 g/mol. The first-order valence-electron chi connectivity index (χ1n) is 45.5. The predicted octanol–water partition coefficient (Wildman–Crippen LogP) is 4.93. The minimum absolute atomic E-state index is 0.0471. The Hall–Kier alpha value is -8.50. The van der Waals surface area contributed by atoms with Gasteiger partial charge in [0.25, 0.3) is 5.91 Å². The average Bonchev–Trinajstić information content (AvgIpc) is 1.52. The van der Waals surface area contributed by atoms with Crippen molar-refractivity contribution in [2.75, 3.05) is 39.3 Å². The number of nitrogens with one attached hydrogen (secondary N) is 11. The zero-order valence-corrected chi connectivity index (χ0v) is 77.2. The third-order valence-electron chi connectivity index (χ3n) is 25.0. The van der Waals surface area contributed by atoms with Gasteiger partial charge in [-0.15, -0.1) is 23.5 Å². The third-order valence-corrected chi connectivity index (χ3v) is 28.3. The molecule has 5 aliphatic heterocycles. The minimum atomic E-state index is -1.32. The van der Waals surface area contributed by atoms with E-state index in [-0.39, 0.29) is 108 Å². The van der Waals surface area contributed by atoms with Gasteiger partial charge in [-0.3, -0.25) is 67.1 Å². The van der Waals surface area contributed by atoms with E-state index in [9.17, 15) is 43.2 Å². The van der Waals surface area contributed by atoms with Gasteiger partial charge in [-0.05, 0) is 250 Å². The highest BCUT2D eigenvalue weighted by Gasteiger charge is 2.61. The van der Waals surface area contributed by atoms with Crippen LogP contribution in [0.2, 0.25) is 0 Å². The Balaban J connectivity index is 1.15. The van der Waals surface area contributed by atoms with Gasteiger partial charge < -0.3 is 91.2 Å². The number of rotatable bonds is 26. The van der Waals surface area contributed by atoms with Crippen molar-refractivity contribution in [2.24, 2.45) is 58.4 Å². The number of ketones is 1. The molecule has 33 heteroatoms. The second kappa shape index (κ2) is 46.8. The molecule has 1 aromatic carbocycles. The molecule has 13 amide bonds. The molecule has 1 aromatic rings. The van der Waals surface area contributed by atoms with Crippen molar-refractivity contribution in [1.82, 2.24) is 68.3 Å². The van der Waals surface area contributed by atoms with E-state index in [2.05, 4.69) is 72.3 Å². The highest BCUT2D eigenvalue weighted by molar-refractivity contribution is 8.10. The summed E-state index contributed by atoms with van der Waals surface area (Å²) in [5.74, 6) is -11.5. The Labute approximate surface area is 741 Å². The maximum Gasteiger partial charge on any atom is 0.258 e. The molecular formula is C91H143N17O14S2. The summed E-state index contributed by atoms with van der Waals surface area (Å²) in [4.78, 5) is 214. The van der Waals surface area contributed by atoms with Crippen LogP contribution < -0.4 is 81.4 Å². The molecule has 15 atom stereocenters. The fourth-order valence-corrected chi connectivity index (χ4v) is 20.9. The molecule has 0 spiro atoms. The molecule has 5 heterocycles. The smallest absolute Gasteiger partial charge is 0.258 e. The summed E-state index contributed by atoms with van der Waals surface area (Å²) < 4.78 is -1.66.